The number of sulfonamides is 1. The molecule has 13 heteroatoms. The number of fused-ring (bicyclic) bond motifs is 1. The van der Waals surface area contributed by atoms with Gasteiger partial charge >= 0.3 is 0 Å². The molecule has 2 unspecified atom stereocenters. The third kappa shape index (κ3) is 4.01. The number of amides is 1. The smallest absolute Gasteiger partial charge is 0.266 e. The molecule has 0 aromatic carbocycles. The number of piperazine rings is 1. The van der Waals surface area contributed by atoms with Crippen LogP contribution in [0.2, 0.25) is 0 Å². The lowest BCUT2D eigenvalue weighted by Crippen LogP contribution is -2.62. The summed E-state index contributed by atoms with van der Waals surface area (Å²) < 4.78 is 42.8. The molecule has 1 aliphatic carbocycles. The molecule has 1 aromatic rings. The lowest BCUT2D eigenvalue weighted by atomic mass is 9.98. The van der Waals surface area contributed by atoms with Crippen molar-refractivity contribution in [2.75, 3.05) is 51.1 Å². The second-order valence-corrected chi connectivity index (χ2v) is 11.6. The molecule has 5 rings (SSSR count). The summed E-state index contributed by atoms with van der Waals surface area (Å²) in [6.45, 7) is 1.96. The van der Waals surface area contributed by atoms with E-state index in [1.807, 2.05) is 29.3 Å². The Balaban J connectivity index is 1.27. The lowest BCUT2D eigenvalue weighted by molar-refractivity contribution is -0.134. The van der Waals surface area contributed by atoms with Crippen molar-refractivity contribution in [3.63, 3.8) is 0 Å². The number of anilines is 1. The maximum atomic E-state index is 13.4. The molecule has 3 aliphatic heterocycles. The molecule has 11 nitrogen and oxygen atoms in total. The Morgan fingerprint density at radius 2 is 1.91 bits per heavy atom. The van der Waals surface area contributed by atoms with Crippen molar-refractivity contribution in [3.8, 4) is 0 Å². The summed E-state index contributed by atoms with van der Waals surface area (Å²) in [4.78, 5) is 20.0. The predicted octanol–water partition coefficient (Wildman–Crippen LogP) is 0.344. The van der Waals surface area contributed by atoms with Crippen molar-refractivity contribution >= 4 is 38.0 Å². The SMILES string of the molecule is O=C(NO)C1(S(=O)(=O)N2CCN(c3ncc(C4=CC5OCOC5C=C4)s3)CC2)CCOCC1. The van der Waals surface area contributed by atoms with Gasteiger partial charge < -0.3 is 19.1 Å². The fourth-order valence-electron chi connectivity index (χ4n) is 4.61. The maximum Gasteiger partial charge on any atom is 0.266 e. The van der Waals surface area contributed by atoms with Gasteiger partial charge in [0.2, 0.25) is 10.0 Å². The number of hydrogen-bond donors (Lipinski definition) is 2. The Morgan fingerprint density at radius 3 is 2.64 bits per heavy atom. The molecule has 2 N–H and O–H groups in total. The minimum absolute atomic E-state index is 0.0109. The van der Waals surface area contributed by atoms with Crippen LogP contribution in [0.15, 0.2) is 24.4 Å². The number of nitrogens with one attached hydrogen (secondary N) is 1. The third-order valence-corrected chi connectivity index (χ3v) is 10.3. The zero-order chi connectivity index (χ0) is 23.1. The first-order valence-electron chi connectivity index (χ1n) is 10.8. The zero-order valence-electron chi connectivity index (χ0n) is 17.9. The van der Waals surface area contributed by atoms with E-state index in [-0.39, 0.29) is 51.4 Å². The van der Waals surface area contributed by atoms with Crippen molar-refractivity contribution in [1.29, 1.82) is 0 Å². The van der Waals surface area contributed by atoms with E-state index < -0.39 is 20.7 Å². The number of thiazole rings is 1. The molecule has 1 aromatic heterocycles. The van der Waals surface area contributed by atoms with Crippen molar-refractivity contribution in [3.05, 3.63) is 29.3 Å². The quantitative estimate of drug-likeness (QED) is 0.436. The third-order valence-electron chi connectivity index (χ3n) is 6.59. The molecule has 4 heterocycles. The molecule has 0 bridgehead atoms. The van der Waals surface area contributed by atoms with Crippen LogP contribution < -0.4 is 10.4 Å². The van der Waals surface area contributed by atoms with Gasteiger partial charge in [-0.05, 0) is 11.6 Å². The summed E-state index contributed by atoms with van der Waals surface area (Å²) in [5, 5.41) is 10.0. The van der Waals surface area contributed by atoms with Crippen LogP contribution in [0.1, 0.15) is 17.7 Å². The Kier molecular flexibility index (Phi) is 6.29. The molecule has 33 heavy (non-hydrogen) atoms. The number of carbonyl (C=O) groups excluding carboxylic acids is 1. The normalized spacial score (nSPS) is 27.8. The number of hydrogen-bond acceptors (Lipinski definition) is 10. The zero-order valence-corrected chi connectivity index (χ0v) is 19.5. The van der Waals surface area contributed by atoms with Gasteiger partial charge in [0.1, 0.15) is 19.0 Å². The Labute approximate surface area is 195 Å². The van der Waals surface area contributed by atoms with Gasteiger partial charge in [-0.15, -0.1) is 0 Å². The Morgan fingerprint density at radius 1 is 1.18 bits per heavy atom. The minimum Gasteiger partial charge on any atom is -0.381 e. The Bertz CT molecular complexity index is 1060. The standard InChI is InChI=1S/C20H26N4O7S2/c25-18(22-26)20(3-9-29-10-4-20)33(27,28)24-7-5-23(6-8-24)19-21-12-17(32-19)14-1-2-15-16(11-14)31-13-30-15/h1-2,11-12,15-16,26H,3-10,13H2,(H,22,25). The average molecular weight is 499 g/mol. The molecule has 3 fully saturated rings. The van der Waals surface area contributed by atoms with Gasteiger partial charge in [-0.2, -0.15) is 4.31 Å². The second-order valence-electron chi connectivity index (χ2n) is 8.31. The lowest BCUT2D eigenvalue weighted by Gasteiger charge is -2.41. The van der Waals surface area contributed by atoms with E-state index in [1.54, 1.807) is 16.8 Å². The first-order chi connectivity index (χ1) is 15.9. The van der Waals surface area contributed by atoms with E-state index in [9.17, 15) is 18.4 Å². The van der Waals surface area contributed by atoms with Gasteiger partial charge in [0.15, 0.2) is 9.88 Å². The van der Waals surface area contributed by atoms with Crippen LogP contribution >= 0.6 is 11.3 Å². The summed E-state index contributed by atoms with van der Waals surface area (Å²) in [6.07, 6.45) is 7.76. The number of hydroxylamine groups is 1. The van der Waals surface area contributed by atoms with Gasteiger partial charge in [-0.3, -0.25) is 10.0 Å². The number of ether oxygens (including phenoxy) is 3. The average Bonchev–Trinajstić information content (AvgIpc) is 3.53. The summed E-state index contributed by atoms with van der Waals surface area (Å²) >= 11 is 1.54. The molecule has 0 spiro atoms. The molecule has 1 amide bonds. The summed E-state index contributed by atoms with van der Waals surface area (Å²) in [5.41, 5.74) is 2.59. The van der Waals surface area contributed by atoms with Crippen LogP contribution in [0.3, 0.4) is 0 Å². The van der Waals surface area contributed by atoms with Crippen molar-refractivity contribution in [1.82, 2.24) is 14.8 Å². The van der Waals surface area contributed by atoms with E-state index in [1.165, 1.54) is 4.31 Å². The summed E-state index contributed by atoms with van der Waals surface area (Å²) in [7, 11) is -3.99. The monoisotopic (exact) mass is 498 g/mol. The highest BCUT2D eigenvalue weighted by Gasteiger charge is 2.54. The van der Waals surface area contributed by atoms with Crippen LogP contribution in [-0.2, 0) is 29.0 Å². The van der Waals surface area contributed by atoms with E-state index in [2.05, 4.69) is 4.98 Å². The number of rotatable bonds is 5. The van der Waals surface area contributed by atoms with E-state index in [4.69, 9.17) is 14.2 Å². The molecular formula is C20H26N4O7S2. The minimum atomic E-state index is -3.99. The van der Waals surface area contributed by atoms with Gasteiger partial charge in [0, 0.05) is 58.4 Å². The van der Waals surface area contributed by atoms with Gasteiger partial charge in [0.05, 0.1) is 4.88 Å². The van der Waals surface area contributed by atoms with Crippen molar-refractivity contribution < 1.29 is 32.6 Å². The maximum absolute atomic E-state index is 13.4. The second kappa shape index (κ2) is 9.06. The highest BCUT2D eigenvalue weighted by atomic mass is 32.2. The highest BCUT2D eigenvalue weighted by molar-refractivity contribution is 7.91. The number of nitrogens with zero attached hydrogens (tertiary/aromatic N) is 3. The fourth-order valence-corrected chi connectivity index (χ4v) is 7.68. The first kappa shape index (κ1) is 22.9. The summed E-state index contributed by atoms with van der Waals surface area (Å²) in [6, 6.07) is 0. The Hall–Kier alpha value is -1.87. The number of allylic oxidation sites excluding steroid dienone is 2. The van der Waals surface area contributed by atoms with Gasteiger partial charge in [0.25, 0.3) is 5.91 Å². The van der Waals surface area contributed by atoms with E-state index in [0.29, 0.717) is 19.9 Å². The van der Waals surface area contributed by atoms with Gasteiger partial charge in [-0.25, -0.2) is 18.9 Å². The van der Waals surface area contributed by atoms with Crippen LogP contribution in [0.4, 0.5) is 5.13 Å². The van der Waals surface area contributed by atoms with Crippen LogP contribution in [-0.4, -0.2) is 92.0 Å². The first-order valence-corrected chi connectivity index (χ1v) is 13.1. The van der Waals surface area contributed by atoms with Crippen LogP contribution in [0, 0.1) is 0 Å². The van der Waals surface area contributed by atoms with Gasteiger partial charge in [-0.1, -0.05) is 23.5 Å². The van der Waals surface area contributed by atoms with E-state index >= 15 is 0 Å². The number of aromatic nitrogens is 1. The van der Waals surface area contributed by atoms with Crippen LogP contribution in [0.25, 0.3) is 5.57 Å². The molecule has 180 valence electrons. The molecular weight excluding hydrogens is 472 g/mol. The molecule has 4 aliphatic rings. The molecule has 3 saturated heterocycles. The van der Waals surface area contributed by atoms with Crippen molar-refractivity contribution in [2.45, 2.75) is 29.8 Å². The fraction of sp³-hybridized carbons (Fsp3) is 0.600. The van der Waals surface area contributed by atoms with Crippen molar-refractivity contribution in [2.24, 2.45) is 0 Å². The van der Waals surface area contributed by atoms with E-state index in [0.717, 1.165) is 15.6 Å². The predicted molar refractivity (Wildman–Crippen MR) is 119 cm³/mol. The number of carbonyl (C=O) groups is 1. The molecule has 0 radical (unpaired) electrons. The highest BCUT2D eigenvalue weighted by Crippen LogP contribution is 2.36. The molecule has 0 saturated carbocycles. The topological polar surface area (TPSA) is 131 Å². The largest absolute Gasteiger partial charge is 0.381 e. The van der Waals surface area contributed by atoms with Crippen LogP contribution in [0.5, 0.6) is 0 Å². The summed E-state index contributed by atoms with van der Waals surface area (Å²) in [5.74, 6) is -0.898. The molecule has 2 atom stereocenters.